The van der Waals surface area contributed by atoms with Crippen molar-refractivity contribution < 1.29 is 9.47 Å². The summed E-state index contributed by atoms with van der Waals surface area (Å²) in [6.07, 6.45) is 0. The molecule has 0 unspecified atom stereocenters. The summed E-state index contributed by atoms with van der Waals surface area (Å²) >= 11 is 0. The molecule has 1 heterocycles. The number of benzene rings is 1. The smallest absolute Gasteiger partial charge is 0.123 e. The molecule has 0 saturated carbocycles. The average molecular weight is 264 g/mol. The molecule has 19 heavy (non-hydrogen) atoms. The minimum Gasteiger partial charge on any atom is -0.491 e. The first-order chi connectivity index (χ1) is 9.29. The fraction of sp³-hybridized carbons (Fsp3) is 0.600. The first-order valence-electron chi connectivity index (χ1n) is 6.95. The van der Waals surface area contributed by atoms with Gasteiger partial charge >= 0.3 is 0 Å². The van der Waals surface area contributed by atoms with Gasteiger partial charge in [0.15, 0.2) is 0 Å². The van der Waals surface area contributed by atoms with E-state index in [-0.39, 0.29) is 0 Å². The van der Waals surface area contributed by atoms with Crippen LogP contribution in [0.5, 0.6) is 5.75 Å². The Labute approximate surface area is 115 Å². The molecular weight excluding hydrogens is 240 g/mol. The van der Waals surface area contributed by atoms with E-state index in [9.17, 15) is 0 Å². The Morgan fingerprint density at radius 2 is 2.16 bits per heavy atom. The number of ether oxygens (including phenoxy) is 2. The molecule has 0 aliphatic carbocycles. The van der Waals surface area contributed by atoms with Crippen molar-refractivity contribution in [2.75, 3.05) is 40.0 Å². The highest BCUT2D eigenvalue weighted by molar-refractivity contribution is 5.33. The molecule has 1 aromatic carbocycles. The third-order valence-corrected chi connectivity index (χ3v) is 3.36. The van der Waals surface area contributed by atoms with Gasteiger partial charge in [-0.2, -0.15) is 0 Å². The van der Waals surface area contributed by atoms with Crippen molar-refractivity contribution in [3.05, 3.63) is 29.8 Å². The van der Waals surface area contributed by atoms with Crippen LogP contribution in [0.15, 0.2) is 24.3 Å². The largest absolute Gasteiger partial charge is 0.491 e. The SMILES string of the molecule is COCCOc1ccccc1CN1CCN[C@@H](C)C1. The van der Waals surface area contributed by atoms with Crippen LogP contribution in [0.1, 0.15) is 12.5 Å². The molecule has 1 aliphatic heterocycles. The van der Waals surface area contributed by atoms with Crippen LogP contribution in [-0.2, 0) is 11.3 Å². The minimum atomic E-state index is 0.565. The quantitative estimate of drug-likeness (QED) is 0.790. The van der Waals surface area contributed by atoms with Gasteiger partial charge in [-0.25, -0.2) is 0 Å². The van der Waals surface area contributed by atoms with Crippen LogP contribution in [0, 0.1) is 0 Å². The fourth-order valence-corrected chi connectivity index (χ4v) is 2.41. The molecule has 1 saturated heterocycles. The van der Waals surface area contributed by atoms with E-state index in [2.05, 4.69) is 29.3 Å². The van der Waals surface area contributed by atoms with Crippen molar-refractivity contribution in [2.24, 2.45) is 0 Å². The Morgan fingerprint density at radius 3 is 2.95 bits per heavy atom. The zero-order valence-electron chi connectivity index (χ0n) is 11.9. The van der Waals surface area contributed by atoms with Gasteiger partial charge in [0.25, 0.3) is 0 Å². The molecular formula is C15H24N2O2. The van der Waals surface area contributed by atoms with E-state index in [1.54, 1.807) is 7.11 Å². The first kappa shape index (κ1) is 14.3. The number of nitrogens with zero attached hydrogens (tertiary/aromatic N) is 1. The molecule has 1 aliphatic rings. The summed E-state index contributed by atoms with van der Waals surface area (Å²) in [6.45, 7) is 7.66. The van der Waals surface area contributed by atoms with Crippen LogP contribution >= 0.6 is 0 Å². The molecule has 1 N–H and O–H groups in total. The summed E-state index contributed by atoms with van der Waals surface area (Å²) in [5.41, 5.74) is 1.26. The highest BCUT2D eigenvalue weighted by atomic mass is 16.5. The first-order valence-corrected chi connectivity index (χ1v) is 6.95. The fourth-order valence-electron chi connectivity index (χ4n) is 2.41. The van der Waals surface area contributed by atoms with Crippen molar-refractivity contribution in [3.8, 4) is 5.75 Å². The second kappa shape index (κ2) is 7.48. The van der Waals surface area contributed by atoms with Gasteiger partial charge in [0.1, 0.15) is 12.4 Å². The van der Waals surface area contributed by atoms with Crippen molar-refractivity contribution >= 4 is 0 Å². The molecule has 4 nitrogen and oxygen atoms in total. The summed E-state index contributed by atoms with van der Waals surface area (Å²) in [6, 6.07) is 8.84. The molecule has 1 atom stereocenters. The molecule has 0 spiro atoms. The number of hydrogen-bond acceptors (Lipinski definition) is 4. The monoisotopic (exact) mass is 264 g/mol. The number of piperazine rings is 1. The van der Waals surface area contributed by atoms with Crippen molar-refractivity contribution in [3.63, 3.8) is 0 Å². The Kier molecular flexibility index (Phi) is 5.63. The van der Waals surface area contributed by atoms with Gasteiger partial charge in [-0.15, -0.1) is 0 Å². The van der Waals surface area contributed by atoms with E-state index in [0.717, 1.165) is 31.9 Å². The van der Waals surface area contributed by atoms with Gasteiger partial charge in [0.2, 0.25) is 0 Å². The molecule has 1 fully saturated rings. The lowest BCUT2D eigenvalue weighted by Crippen LogP contribution is -2.48. The summed E-state index contributed by atoms with van der Waals surface area (Å²) in [5.74, 6) is 0.978. The minimum absolute atomic E-state index is 0.565. The van der Waals surface area contributed by atoms with Crippen molar-refractivity contribution in [1.82, 2.24) is 10.2 Å². The van der Waals surface area contributed by atoms with Crippen LogP contribution in [-0.4, -0.2) is 50.9 Å². The second-order valence-electron chi connectivity index (χ2n) is 5.04. The molecule has 0 bridgehead atoms. The lowest BCUT2D eigenvalue weighted by atomic mass is 10.1. The van der Waals surface area contributed by atoms with Gasteiger partial charge in [-0.1, -0.05) is 18.2 Å². The predicted molar refractivity (Wildman–Crippen MR) is 76.6 cm³/mol. The maximum absolute atomic E-state index is 5.78. The standard InChI is InChI=1S/C15H24N2O2/c1-13-11-17(8-7-16-13)12-14-5-3-4-6-15(14)19-10-9-18-2/h3-6,13,16H,7-12H2,1-2H3/t13-/m0/s1. The molecule has 106 valence electrons. The van der Waals surface area contributed by atoms with Gasteiger partial charge in [0, 0.05) is 44.9 Å². The Morgan fingerprint density at radius 1 is 1.32 bits per heavy atom. The van der Waals surface area contributed by atoms with E-state index < -0.39 is 0 Å². The van der Waals surface area contributed by atoms with Crippen LogP contribution in [0.3, 0.4) is 0 Å². The van der Waals surface area contributed by atoms with E-state index in [4.69, 9.17) is 9.47 Å². The number of rotatable bonds is 6. The van der Waals surface area contributed by atoms with Crippen LogP contribution in [0.4, 0.5) is 0 Å². The summed E-state index contributed by atoms with van der Waals surface area (Å²) in [4.78, 5) is 2.47. The van der Waals surface area contributed by atoms with Crippen LogP contribution in [0.2, 0.25) is 0 Å². The van der Waals surface area contributed by atoms with Crippen molar-refractivity contribution in [1.29, 1.82) is 0 Å². The average Bonchev–Trinajstić information content (AvgIpc) is 2.41. The van der Waals surface area contributed by atoms with Gasteiger partial charge in [0.05, 0.1) is 6.61 Å². The zero-order chi connectivity index (χ0) is 13.5. The highest BCUT2D eigenvalue weighted by Gasteiger charge is 2.16. The normalized spacial score (nSPS) is 20.4. The molecule has 2 rings (SSSR count). The topological polar surface area (TPSA) is 33.7 Å². The zero-order valence-corrected chi connectivity index (χ0v) is 11.9. The van der Waals surface area contributed by atoms with Gasteiger partial charge in [-0.3, -0.25) is 4.90 Å². The van der Waals surface area contributed by atoms with Crippen molar-refractivity contribution in [2.45, 2.75) is 19.5 Å². The number of methoxy groups -OCH3 is 1. The number of para-hydroxylation sites is 1. The van der Waals surface area contributed by atoms with E-state index in [0.29, 0.717) is 19.3 Å². The Hall–Kier alpha value is -1.10. The molecule has 0 amide bonds. The third-order valence-electron chi connectivity index (χ3n) is 3.36. The van der Waals surface area contributed by atoms with Crippen LogP contribution in [0.25, 0.3) is 0 Å². The molecule has 4 heteroatoms. The number of nitrogens with one attached hydrogen (secondary N) is 1. The predicted octanol–water partition coefficient (Wildman–Crippen LogP) is 1.51. The van der Waals surface area contributed by atoms with Gasteiger partial charge in [-0.05, 0) is 13.0 Å². The lowest BCUT2D eigenvalue weighted by Gasteiger charge is -2.32. The van der Waals surface area contributed by atoms with Gasteiger partial charge < -0.3 is 14.8 Å². The summed E-state index contributed by atoms with van der Waals surface area (Å²) in [7, 11) is 1.69. The molecule has 0 radical (unpaired) electrons. The van der Waals surface area contributed by atoms with E-state index in [1.165, 1.54) is 5.56 Å². The maximum atomic E-state index is 5.78. The molecule has 0 aromatic heterocycles. The summed E-state index contributed by atoms with van der Waals surface area (Å²) in [5, 5.41) is 3.46. The molecule has 1 aromatic rings. The maximum Gasteiger partial charge on any atom is 0.123 e. The second-order valence-corrected chi connectivity index (χ2v) is 5.04. The van der Waals surface area contributed by atoms with Crippen LogP contribution < -0.4 is 10.1 Å². The van der Waals surface area contributed by atoms with E-state index >= 15 is 0 Å². The number of hydrogen-bond donors (Lipinski definition) is 1. The van der Waals surface area contributed by atoms with E-state index in [1.807, 2.05) is 12.1 Å². The highest BCUT2D eigenvalue weighted by Crippen LogP contribution is 2.20. The Bertz CT molecular complexity index is 384. The summed E-state index contributed by atoms with van der Waals surface area (Å²) < 4.78 is 10.8. The third kappa shape index (κ3) is 4.49. The Balaban J connectivity index is 1.94. The lowest BCUT2D eigenvalue weighted by molar-refractivity contribution is 0.144.